The fourth-order valence-electron chi connectivity index (χ4n) is 3.20. The summed E-state index contributed by atoms with van der Waals surface area (Å²) in [5.41, 5.74) is 0.758. The third-order valence-corrected chi connectivity index (χ3v) is 4.21. The van der Waals surface area contributed by atoms with E-state index in [1.54, 1.807) is 18.4 Å². The Hall–Kier alpha value is -1.83. The van der Waals surface area contributed by atoms with E-state index >= 15 is 0 Å². The zero-order chi connectivity index (χ0) is 13.1. The van der Waals surface area contributed by atoms with E-state index in [2.05, 4.69) is 12.1 Å². The average Bonchev–Trinajstić information content (AvgIpc) is 3.02. The molecule has 1 saturated carbocycles. The minimum Gasteiger partial charge on any atom is -0.461 e. The molecule has 1 aromatic heterocycles. The highest BCUT2D eigenvalue weighted by molar-refractivity contribution is 6.02. The van der Waals surface area contributed by atoms with Crippen LogP contribution in [-0.4, -0.2) is 5.78 Å². The number of hydrogen-bond donors (Lipinski definition) is 0. The van der Waals surface area contributed by atoms with E-state index in [0.717, 1.165) is 31.2 Å². The smallest absolute Gasteiger partial charge is 0.208 e. The fraction of sp³-hybridized carbons (Fsp3) is 0.353. The van der Waals surface area contributed by atoms with Crippen molar-refractivity contribution in [2.45, 2.75) is 37.5 Å². The molecule has 0 unspecified atom stereocenters. The zero-order valence-corrected chi connectivity index (χ0v) is 11.0. The molecular weight excluding hydrogens is 236 g/mol. The van der Waals surface area contributed by atoms with E-state index in [1.807, 2.05) is 18.2 Å². The highest BCUT2D eigenvalue weighted by atomic mass is 16.3. The monoisotopic (exact) mass is 254 g/mol. The lowest BCUT2D eigenvalue weighted by Gasteiger charge is -2.35. The van der Waals surface area contributed by atoms with Crippen LogP contribution in [0.25, 0.3) is 0 Å². The van der Waals surface area contributed by atoms with E-state index in [9.17, 15) is 4.79 Å². The summed E-state index contributed by atoms with van der Waals surface area (Å²) in [6.45, 7) is 0. The van der Waals surface area contributed by atoms with Gasteiger partial charge in [-0.25, -0.2) is 0 Å². The number of ketones is 1. The van der Waals surface area contributed by atoms with E-state index in [4.69, 9.17) is 4.42 Å². The van der Waals surface area contributed by atoms with Gasteiger partial charge in [-0.1, -0.05) is 49.6 Å². The Morgan fingerprint density at radius 2 is 1.68 bits per heavy atom. The van der Waals surface area contributed by atoms with Gasteiger partial charge in [0.05, 0.1) is 11.7 Å². The van der Waals surface area contributed by atoms with Gasteiger partial charge in [-0.05, 0) is 30.5 Å². The van der Waals surface area contributed by atoms with E-state index in [1.165, 1.54) is 6.42 Å². The van der Waals surface area contributed by atoms with Crippen LogP contribution in [0, 0.1) is 0 Å². The Bertz CT molecular complexity index is 534. The summed E-state index contributed by atoms with van der Waals surface area (Å²) < 4.78 is 5.35. The van der Waals surface area contributed by atoms with Gasteiger partial charge < -0.3 is 4.42 Å². The van der Waals surface area contributed by atoms with Crippen molar-refractivity contribution in [1.82, 2.24) is 0 Å². The van der Waals surface area contributed by atoms with Gasteiger partial charge in [0, 0.05) is 0 Å². The Morgan fingerprint density at radius 1 is 0.947 bits per heavy atom. The molecule has 1 aliphatic carbocycles. The van der Waals surface area contributed by atoms with Crippen LogP contribution in [0.4, 0.5) is 0 Å². The first-order valence-corrected chi connectivity index (χ1v) is 6.97. The van der Waals surface area contributed by atoms with Crippen molar-refractivity contribution >= 4 is 5.78 Å². The highest BCUT2D eigenvalue weighted by Gasteiger charge is 2.42. The van der Waals surface area contributed by atoms with Gasteiger partial charge in [-0.2, -0.15) is 0 Å². The van der Waals surface area contributed by atoms with Crippen LogP contribution < -0.4 is 0 Å². The van der Waals surface area contributed by atoms with Crippen LogP contribution in [0.15, 0.2) is 53.1 Å². The van der Waals surface area contributed by atoms with Crippen molar-refractivity contribution in [3.05, 3.63) is 60.1 Å². The first kappa shape index (κ1) is 12.2. The third-order valence-electron chi connectivity index (χ3n) is 4.21. The molecule has 0 radical (unpaired) electrons. The van der Waals surface area contributed by atoms with E-state index < -0.39 is 0 Å². The number of hydrogen-bond acceptors (Lipinski definition) is 2. The van der Waals surface area contributed by atoms with Crippen molar-refractivity contribution in [3.63, 3.8) is 0 Å². The molecule has 1 aromatic carbocycles. The Labute approximate surface area is 113 Å². The molecule has 3 rings (SSSR count). The Morgan fingerprint density at radius 3 is 2.32 bits per heavy atom. The van der Waals surface area contributed by atoms with E-state index in [0.29, 0.717) is 5.76 Å². The summed E-state index contributed by atoms with van der Waals surface area (Å²) in [6.07, 6.45) is 6.88. The Balaban J connectivity index is 2.04. The molecule has 0 spiro atoms. The SMILES string of the molecule is O=C(c1ccco1)C1(c2ccccc2)CCCCC1. The largest absolute Gasteiger partial charge is 0.461 e. The second-order valence-electron chi connectivity index (χ2n) is 5.32. The first-order valence-electron chi connectivity index (χ1n) is 6.97. The number of carbonyl (C=O) groups is 1. The molecule has 0 saturated heterocycles. The van der Waals surface area contributed by atoms with Crippen molar-refractivity contribution in [1.29, 1.82) is 0 Å². The number of furan rings is 1. The number of benzene rings is 1. The Kier molecular flexibility index (Phi) is 3.24. The molecule has 0 atom stereocenters. The van der Waals surface area contributed by atoms with Crippen molar-refractivity contribution in [2.24, 2.45) is 0 Å². The van der Waals surface area contributed by atoms with Gasteiger partial charge in [-0.15, -0.1) is 0 Å². The molecule has 98 valence electrons. The number of carbonyl (C=O) groups excluding carboxylic acids is 1. The van der Waals surface area contributed by atoms with E-state index in [-0.39, 0.29) is 11.2 Å². The third kappa shape index (κ3) is 2.12. The summed E-state index contributed by atoms with van der Waals surface area (Å²) in [5, 5.41) is 0. The minimum absolute atomic E-state index is 0.142. The zero-order valence-electron chi connectivity index (χ0n) is 11.0. The van der Waals surface area contributed by atoms with Gasteiger partial charge >= 0.3 is 0 Å². The molecule has 1 fully saturated rings. The molecular formula is C17H18O2. The van der Waals surface area contributed by atoms with Gasteiger partial charge in [0.15, 0.2) is 5.76 Å². The number of rotatable bonds is 3. The van der Waals surface area contributed by atoms with Gasteiger partial charge in [0.25, 0.3) is 0 Å². The quantitative estimate of drug-likeness (QED) is 0.761. The molecule has 1 aliphatic rings. The normalized spacial score (nSPS) is 18.1. The summed E-state index contributed by atoms with van der Waals surface area (Å²) >= 11 is 0. The molecule has 0 aliphatic heterocycles. The lowest BCUT2D eigenvalue weighted by atomic mass is 9.66. The molecule has 19 heavy (non-hydrogen) atoms. The maximum absolute atomic E-state index is 12.9. The fourth-order valence-corrected chi connectivity index (χ4v) is 3.20. The van der Waals surface area contributed by atoms with Crippen molar-refractivity contribution in [2.75, 3.05) is 0 Å². The minimum atomic E-state index is -0.378. The molecule has 0 amide bonds. The molecule has 1 heterocycles. The van der Waals surface area contributed by atoms with Gasteiger partial charge in [0.1, 0.15) is 0 Å². The maximum atomic E-state index is 12.9. The van der Waals surface area contributed by atoms with Crippen LogP contribution in [-0.2, 0) is 5.41 Å². The standard InChI is InChI=1S/C17H18O2/c18-16(15-10-7-13-19-15)17(11-5-2-6-12-17)14-8-3-1-4-9-14/h1,3-4,7-10,13H,2,5-6,11-12H2. The maximum Gasteiger partial charge on any atom is 0.208 e. The van der Waals surface area contributed by atoms with Gasteiger partial charge in [0.2, 0.25) is 5.78 Å². The molecule has 0 N–H and O–H groups in total. The van der Waals surface area contributed by atoms with Crippen LogP contribution >= 0.6 is 0 Å². The molecule has 0 bridgehead atoms. The predicted octanol–water partition coefficient (Wildman–Crippen LogP) is 4.36. The second kappa shape index (κ2) is 5.04. The second-order valence-corrected chi connectivity index (χ2v) is 5.32. The molecule has 2 aromatic rings. The van der Waals surface area contributed by atoms with Gasteiger partial charge in [-0.3, -0.25) is 4.79 Å². The van der Waals surface area contributed by atoms with Crippen molar-refractivity contribution < 1.29 is 9.21 Å². The highest BCUT2D eigenvalue weighted by Crippen LogP contribution is 2.42. The van der Waals surface area contributed by atoms with Crippen LogP contribution in [0.1, 0.15) is 48.2 Å². The van der Waals surface area contributed by atoms with Crippen LogP contribution in [0.3, 0.4) is 0 Å². The first-order chi connectivity index (χ1) is 9.33. The average molecular weight is 254 g/mol. The molecule has 2 heteroatoms. The lowest BCUT2D eigenvalue weighted by molar-refractivity contribution is 0.0809. The molecule has 2 nitrogen and oxygen atoms in total. The predicted molar refractivity (Wildman–Crippen MR) is 74.2 cm³/mol. The summed E-state index contributed by atoms with van der Waals surface area (Å²) in [5.74, 6) is 0.633. The lowest BCUT2D eigenvalue weighted by Crippen LogP contribution is -2.37. The topological polar surface area (TPSA) is 30.2 Å². The summed E-state index contributed by atoms with van der Waals surface area (Å²) in [7, 11) is 0. The summed E-state index contributed by atoms with van der Waals surface area (Å²) in [4.78, 5) is 12.9. The number of Topliss-reactive ketones (excluding diaryl/α,β-unsaturated/α-hetero) is 1. The van der Waals surface area contributed by atoms with Crippen LogP contribution in [0.5, 0.6) is 0 Å². The van der Waals surface area contributed by atoms with Crippen molar-refractivity contribution in [3.8, 4) is 0 Å². The van der Waals surface area contributed by atoms with Crippen LogP contribution in [0.2, 0.25) is 0 Å². The summed E-state index contributed by atoms with van der Waals surface area (Å²) in [6, 6.07) is 13.7.